The Hall–Kier alpha value is -2.14. The first-order chi connectivity index (χ1) is 13.5. The molecular formula is C20H27IN6O2. The molecule has 2 N–H and O–H groups in total. The zero-order chi connectivity index (χ0) is 19.7. The summed E-state index contributed by atoms with van der Waals surface area (Å²) in [5.74, 6) is 0.643. The number of rotatable bonds is 3. The molecule has 0 saturated carbocycles. The van der Waals surface area contributed by atoms with Gasteiger partial charge in [-0.2, -0.15) is 5.10 Å². The molecule has 1 aliphatic carbocycles. The molecule has 29 heavy (non-hydrogen) atoms. The number of nitrogens with one attached hydrogen (secondary N) is 1. The van der Waals surface area contributed by atoms with Gasteiger partial charge in [-0.15, -0.1) is 24.0 Å². The quantitative estimate of drug-likeness (QED) is 0.367. The first-order valence-corrected chi connectivity index (χ1v) is 9.55. The van der Waals surface area contributed by atoms with Crippen molar-refractivity contribution in [1.29, 1.82) is 0 Å². The number of amides is 1. The van der Waals surface area contributed by atoms with E-state index in [4.69, 9.17) is 0 Å². The predicted octanol–water partition coefficient (Wildman–Crippen LogP) is 1.10. The molecule has 1 amide bonds. The van der Waals surface area contributed by atoms with E-state index in [0.29, 0.717) is 32.0 Å². The summed E-state index contributed by atoms with van der Waals surface area (Å²) in [6, 6.07) is 8.02. The smallest absolute Gasteiger partial charge is 0.246 e. The Kier molecular flexibility index (Phi) is 6.47. The van der Waals surface area contributed by atoms with Crippen molar-refractivity contribution in [2.75, 3.05) is 38.1 Å². The Morgan fingerprint density at radius 3 is 2.83 bits per heavy atom. The number of aromatic nitrogens is 2. The number of aliphatic imine (C=N–C) groups is 1. The summed E-state index contributed by atoms with van der Waals surface area (Å²) in [7, 11) is 3.54. The second-order valence-electron chi connectivity index (χ2n) is 7.43. The number of aliphatic hydroxyl groups is 1. The van der Waals surface area contributed by atoms with Gasteiger partial charge in [0, 0.05) is 33.4 Å². The van der Waals surface area contributed by atoms with Gasteiger partial charge in [0.2, 0.25) is 5.91 Å². The van der Waals surface area contributed by atoms with Gasteiger partial charge in [0.15, 0.2) is 5.96 Å². The van der Waals surface area contributed by atoms with Gasteiger partial charge in [-0.05, 0) is 24.0 Å². The fourth-order valence-electron chi connectivity index (χ4n) is 4.08. The van der Waals surface area contributed by atoms with Crippen LogP contribution < -0.4 is 10.2 Å². The number of anilines is 1. The number of carbonyl (C=O) groups excluding carboxylic acids is 1. The van der Waals surface area contributed by atoms with E-state index in [2.05, 4.69) is 21.5 Å². The molecule has 2 aliphatic rings. The SMILES string of the molecule is CN=C(NCC1(O)CCc2ccccc21)N1CCN(c2cnn(C)c2)C(=O)C1.I. The number of fused-ring (bicyclic) bond motifs is 1. The van der Waals surface area contributed by atoms with E-state index in [0.717, 1.165) is 17.7 Å². The standard InChI is InChI=1S/C20H26N6O2.HI/c1-21-19(22-14-20(28)8-7-15-5-3-4-6-17(15)20)25-9-10-26(18(27)13-25)16-11-23-24(2)12-16;/h3-6,11-12,28H,7-10,13-14H2,1-2H3,(H,21,22);1H. The molecule has 1 unspecified atom stereocenters. The third kappa shape index (κ3) is 4.25. The number of carbonyl (C=O) groups is 1. The molecule has 0 radical (unpaired) electrons. The van der Waals surface area contributed by atoms with Gasteiger partial charge in [-0.3, -0.25) is 14.5 Å². The van der Waals surface area contributed by atoms with Gasteiger partial charge >= 0.3 is 0 Å². The molecule has 1 aromatic carbocycles. The Bertz CT molecular complexity index is 914. The molecule has 2 aromatic rings. The maximum absolute atomic E-state index is 12.6. The topological polar surface area (TPSA) is 86.0 Å². The summed E-state index contributed by atoms with van der Waals surface area (Å²) in [5, 5.41) is 18.5. The van der Waals surface area contributed by atoms with Crippen LogP contribution in [0.3, 0.4) is 0 Å². The Morgan fingerprint density at radius 1 is 1.34 bits per heavy atom. The molecule has 1 fully saturated rings. The number of piperazine rings is 1. The number of benzene rings is 1. The minimum Gasteiger partial charge on any atom is -0.383 e. The van der Waals surface area contributed by atoms with Crippen molar-refractivity contribution in [3.63, 3.8) is 0 Å². The molecule has 1 atom stereocenters. The zero-order valence-electron chi connectivity index (χ0n) is 16.7. The molecule has 9 heteroatoms. The van der Waals surface area contributed by atoms with Gasteiger partial charge in [-0.1, -0.05) is 24.3 Å². The zero-order valence-corrected chi connectivity index (χ0v) is 19.0. The molecule has 1 saturated heterocycles. The van der Waals surface area contributed by atoms with Gasteiger partial charge < -0.3 is 20.2 Å². The maximum Gasteiger partial charge on any atom is 0.246 e. The highest BCUT2D eigenvalue weighted by Gasteiger charge is 2.37. The van der Waals surface area contributed by atoms with E-state index in [1.54, 1.807) is 22.8 Å². The molecule has 1 aliphatic heterocycles. The largest absolute Gasteiger partial charge is 0.383 e. The lowest BCUT2D eigenvalue weighted by Crippen LogP contribution is -2.56. The predicted molar refractivity (Wildman–Crippen MR) is 123 cm³/mol. The van der Waals surface area contributed by atoms with Crippen LogP contribution in [0.25, 0.3) is 0 Å². The van der Waals surface area contributed by atoms with Crippen molar-refractivity contribution >= 4 is 41.5 Å². The summed E-state index contributed by atoms with van der Waals surface area (Å²) < 4.78 is 1.69. The summed E-state index contributed by atoms with van der Waals surface area (Å²) in [6.07, 6.45) is 5.10. The van der Waals surface area contributed by atoms with Crippen molar-refractivity contribution in [2.24, 2.45) is 12.0 Å². The van der Waals surface area contributed by atoms with E-state index in [-0.39, 0.29) is 36.4 Å². The van der Waals surface area contributed by atoms with Gasteiger partial charge in [-0.25, -0.2) is 0 Å². The van der Waals surface area contributed by atoms with Gasteiger partial charge in [0.05, 0.1) is 18.4 Å². The highest BCUT2D eigenvalue weighted by molar-refractivity contribution is 14.0. The number of nitrogens with zero attached hydrogens (tertiary/aromatic N) is 5. The van der Waals surface area contributed by atoms with Crippen molar-refractivity contribution in [3.8, 4) is 0 Å². The van der Waals surface area contributed by atoms with Crippen molar-refractivity contribution in [3.05, 3.63) is 47.8 Å². The average Bonchev–Trinajstić information content (AvgIpc) is 3.27. The molecule has 156 valence electrons. The van der Waals surface area contributed by atoms with Crippen LogP contribution in [-0.4, -0.2) is 64.9 Å². The first-order valence-electron chi connectivity index (χ1n) is 9.55. The van der Waals surface area contributed by atoms with Crippen LogP contribution in [-0.2, 0) is 23.9 Å². The summed E-state index contributed by atoms with van der Waals surface area (Å²) in [5.41, 5.74) is 2.08. The van der Waals surface area contributed by atoms with Crippen LogP contribution in [0.2, 0.25) is 0 Å². The van der Waals surface area contributed by atoms with E-state index in [1.807, 2.05) is 36.3 Å². The van der Waals surface area contributed by atoms with E-state index < -0.39 is 5.60 Å². The van der Waals surface area contributed by atoms with Crippen LogP contribution >= 0.6 is 24.0 Å². The fourth-order valence-corrected chi connectivity index (χ4v) is 4.08. The minimum atomic E-state index is -0.909. The highest BCUT2D eigenvalue weighted by atomic mass is 127. The average molecular weight is 510 g/mol. The number of hydrogen-bond acceptors (Lipinski definition) is 4. The van der Waals surface area contributed by atoms with Crippen molar-refractivity contribution in [1.82, 2.24) is 20.0 Å². The maximum atomic E-state index is 12.6. The molecular weight excluding hydrogens is 483 g/mol. The lowest BCUT2D eigenvalue weighted by atomic mass is 9.96. The number of halogens is 1. The van der Waals surface area contributed by atoms with Gasteiger partial charge in [0.1, 0.15) is 12.1 Å². The minimum absolute atomic E-state index is 0. The summed E-state index contributed by atoms with van der Waals surface area (Å²) >= 11 is 0. The number of hydrogen-bond donors (Lipinski definition) is 2. The lowest BCUT2D eigenvalue weighted by molar-refractivity contribution is -0.120. The van der Waals surface area contributed by atoms with Crippen LogP contribution in [0.4, 0.5) is 5.69 Å². The fraction of sp³-hybridized carbons (Fsp3) is 0.450. The number of aryl methyl sites for hydroxylation is 2. The second-order valence-corrected chi connectivity index (χ2v) is 7.43. The summed E-state index contributed by atoms with van der Waals surface area (Å²) in [6.45, 7) is 1.84. The molecule has 0 bridgehead atoms. The van der Waals surface area contributed by atoms with Crippen molar-refractivity contribution < 1.29 is 9.90 Å². The van der Waals surface area contributed by atoms with Crippen LogP contribution in [0, 0.1) is 0 Å². The van der Waals surface area contributed by atoms with Crippen molar-refractivity contribution in [2.45, 2.75) is 18.4 Å². The van der Waals surface area contributed by atoms with E-state index in [1.165, 1.54) is 5.56 Å². The van der Waals surface area contributed by atoms with E-state index in [9.17, 15) is 9.90 Å². The molecule has 2 heterocycles. The Balaban J connectivity index is 0.00000240. The Labute approximate surface area is 187 Å². The monoisotopic (exact) mass is 510 g/mol. The van der Waals surface area contributed by atoms with E-state index >= 15 is 0 Å². The van der Waals surface area contributed by atoms with Crippen LogP contribution in [0.5, 0.6) is 0 Å². The summed E-state index contributed by atoms with van der Waals surface area (Å²) in [4.78, 5) is 20.6. The second kappa shape index (κ2) is 8.70. The number of guanidine groups is 1. The first kappa shape index (κ1) is 21.6. The van der Waals surface area contributed by atoms with Gasteiger partial charge in [0.25, 0.3) is 0 Å². The van der Waals surface area contributed by atoms with Crippen LogP contribution in [0.1, 0.15) is 17.5 Å². The highest BCUT2D eigenvalue weighted by Crippen LogP contribution is 2.36. The molecule has 4 rings (SSSR count). The third-order valence-corrected chi connectivity index (χ3v) is 5.60. The molecule has 1 aromatic heterocycles. The third-order valence-electron chi connectivity index (χ3n) is 5.60. The lowest BCUT2D eigenvalue weighted by Gasteiger charge is -2.36. The molecule has 8 nitrogen and oxygen atoms in total. The molecule has 0 spiro atoms. The normalized spacial score (nSPS) is 21.8. The van der Waals surface area contributed by atoms with Crippen LogP contribution in [0.15, 0.2) is 41.7 Å². The Morgan fingerprint density at radius 2 is 2.14 bits per heavy atom.